The smallest absolute Gasteiger partial charge is 0.223 e. The third-order valence-corrected chi connectivity index (χ3v) is 2.73. The maximum atomic E-state index is 4.58. The van der Waals surface area contributed by atoms with Crippen LogP contribution in [0.1, 0.15) is 20.3 Å². The molecule has 0 unspecified atom stereocenters. The Morgan fingerprint density at radius 3 is 2.56 bits per heavy atom. The first-order chi connectivity index (χ1) is 8.67. The zero-order valence-electron chi connectivity index (χ0n) is 11.5. The average Bonchev–Trinajstić information content (AvgIpc) is 2.94. The summed E-state index contributed by atoms with van der Waals surface area (Å²) in [5.74, 6) is 1.61. The molecule has 0 saturated carbocycles. The molecule has 6 heteroatoms. The quantitative estimate of drug-likeness (QED) is 0.807. The Hall–Kier alpha value is -1.85. The summed E-state index contributed by atoms with van der Waals surface area (Å²) >= 11 is 0. The highest BCUT2D eigenvalue weighted by Crippen LogP contribution is 2.19. The van der Waals surface area contributed by atoms with Gasteiger partial charge in [-0.2, -0.15) is 10.1 Å². The van der Waals surface area contributed by atoms with Crippen LogP contribution in [0.2, 0.25) is 0 Å². The van der Waals surface area contributed by atoms with Crippen molar-refractivity contribution in [3.05, 3.63) is 12.3 Å². The number of nitrogens with zero attached hydrogens (tertiary/aromatic N) is 6. The normalized spacial score (nSPS) is 10.9. The fourth-order valence-electron chi connectivity index (χ4n) is 1.90. The summed E-state index contributed by atoms with van der Waals surface area (Å²) in [6, 6.07) is 1.96. The van der Waals surface area contributed by atoms with E-state index in [4.69, 9.17) is 0 Å². The van der Waals surface area contributed by atoms with Gasteiger partial charge in [0, 0.05) is 33.4 Å². The molecular weight excluding hydrogens is 228 g/mol. The Labute approximate surface area is 107 Å². The van der Waals surface area contributed by atoms with E-state index in [0.717, 1.165) is 37.0 Å². The molecule has 0 N–H and O–H groups in total. The molecule has 0 aliphatic rings. The van der Waals surface area contributed by atoms with Crippen LogP contribution in [0.5, 0.6) is 0 Å². The van der Waals surface area contributed by atoms with E-state index in [0.29, 0.717) is 0 Å². The molecule has 2 heterocycles. The van der Waals surface area contributed by atoms with Crippen molar-refractivity contribution in [3.63, 3.8) is 0 Å². The zero-order valence-corrected chi connectivity index (χ0v) is 11.5. The molecule has 0 radical (unpaired) electrons. The van der Waals surface area contributed by atoms with Crippen LogP contribution in [-0.2, 0) is 13.1 Å². The molecule has 98 valence electrons. The molecule has 2 aromatic rings. The second-order valence-corrected chi connectivity index (χ2v) is 4.39. The molecule has 0 amide bonds. The summed E-state index contributed by atoms with van der Waals surface area (Å²) in [7, 11) is 3.95. The van der Waals surface area contributed by atoms with Crippen LogP contribution >= 0.6 is 0 Å². The minimum Gasteiger partial charge on any atom is -0.347 e. The lowest BCUT2D eigenvalue weighted by atomic mass is 10.4. The fourth-order valence-corrected chi connectivity index (χ4v) is 1.90. The maximum Gasteiger partial charge on any atom is 0.223 e. The van der Waals surface area contributed by atoms with Crippen molar-refractivity contribution in [3.8, 4) is 11.5 Å². The van der Waals surface area contributed by atoms with E-state index < -0.39 is 0 Å². The van der Waals surface area contributed by atoms with E-state index in [1.165, 1.54) is 0 Å². The Kier molecular flexibility index (Phi) is 3.64. The van der Waals surface area contributed by atoms with E-state index >= 15 is 0 Å². The Morgan fingerprint density at radius 2 is 2.00 bits per heavy atom. The second-order valence-electron chi connectivity index (χ2n) is 4.39. The van der Waals surface area contributed by atoms with Gasteiger partial charge in [0.25, 0.3) is 0 Å². The number of rotatable bonds is 5. The van der Waals surface area contributed by atoms with Crippen molar-refractivity contribution in [1.29, 1.82) is 0 Å². The van der Waals surface area contributed by atoms with Crippen LogP contribution in [0.3, 0.4) is 0 Å². The van der Waals surface area contributed by atoms with Gasteiger partial charge in [-0.1, -0.05) is 6.92 Å². The van der Waals surface area contributed by atoms with E-state index in [1.54, 1.807) is 6.20 Å². The highest BCUT2D eigenvalue weighted by Gasteiger charge is 2.15. The molecule has 0 spiro atoms. The molecule has 0 saturated heterocycles. The van der Waals surface area contributed by atoms with Crippen LogP contribution < -0.4 is 4.90 Å². The number of hydrogen-bond donors (Lipinski definition) is 0. The molecule has 0 atom stereocenters. The van der Waals surface area contributed by atoms with Crippen LogP contribution in [0.15, 0.2) is 12.3 Å². The Bertz CT molecular complexity index is 510. The van der Waals surface area contributed by atoms with Crippen molar-refractivity contribution in [1.82, 2.24) is 24.5 Å². The van der Waals surface area contributed by atoms with Gasteiger partial charge in [-0.25, -0.2) is 4.68 Å². The van der Waals surface area contributed by atoms with Crippen LogP contribution in [0.4, 0.5) is 5.95 Å². The monoisotopic (exact) mass is 248 g/mol. The van der Waals surface area contributed by atoms with Gasteiger partial charge in [0.1, 0.15) is 5.69 Å². The van der Waals surface area contributed by atoms with Crippen LogP contribution in [0.25, 0.3) is 11.5 Å². The molecule has 2 rings (SSSR count). The summed E-state index contributed by atoms with van der Waals surface area (Å²) in [6.07, 6.45) is 2.84. The third-order valence-electron chi connectivity index (χ3n) is 2.73. The van der Waals surface area contributed by atoms with Crippen molar-refractivity contribution in [2.24, 2.45) is 0 Å². The second kappa shape index (κ2) is 5.20. The molecular formula is C12H20N6. The number of hydrogen-bond acceptors (Lipinski definition) is 4. The Morgan fingerprint density at radius 1 is 1.22 bits per heavy atom. The van der Waals surface area contributed by atoms with Crippen molar-refractivity contribution in [2.75, 3.05) is 19.0 Å². The van der Waals surface area contributed by atoms with E-state index in [-0.39, 0.29) is 0 Å². The molecule has 0 fully saturated rings. The van der Waals surface area contributed by atoms with Gasteiger partial charge in [0.05, 0.1) is 0 Å². The number of aryl methyl sites for hydroxylation is 2. The van der Waals surface area contributed by atoms with E-state index in [2.05, 4.69) is 29.0 Å². The molecule has 0 aliphatic carbocycles. The fraction of sp³-hybridized carbons (Fsp3) is 0.583. The average molecular weight is 248 g/mol. The highest BCUT2D eigenvalue weighted by molar-refractivity contribution is 5.51. The molecule has 6 nitrogen and oxygen atoms in total. The topological polar surface area (TPSA) is 51.8 Å². The predicted octanol–water partition coefficient (Wildman–Crippen LogP) is 1.64. The van der Waals surface area contributed by atoms with Crippen molar-refractivity contribution < 1.29 is 0 Å². The largest absolute Gasteiger partial charge is 0.347 e. The summed E-state index contributed by atoms with van der Waals surface area (Å²) in [5.41, 5.74) is 0.979. The minimum atomic E-state index is 0.742. The van der Waals surface area contributed by atoms with Gasteiger partial charge in [-0.3, -0.25) is 4.68 Å². The zero-order chi connectivity index (χ0) is 13.1. The highest BCUT2D eigenvalue weighted by atomic mass is 15.4. The Balaban J connectivity index is 2.41. The minimum absolute atomic E-state index is 0.742. The molecule has 2 aromatic heterocycles. The lowest BCUT2D eigenvalue weighted by molar-refractivity contribution is 0.604. The number of anilines is 1. The number of aromatic nitrogens is 5. The van der Waals surface area contributed by atoms with Crippen LogP contribution in [0, 0.1) is 0 Å². The lowest BCUT2D eigenvalue weighted by Gasteiger charge is -2.10. The van der Waals surface area contributed by atoms with E-state index in [9.17, 15) is 0 Å². The maximum absolute atomic E-state index is 4.58. The molecule has 0 aromatic carbocycles. The first kappa shape index (κ1) is 12.6. The first-order valence-electron chi connectivity index (χ1n) is 6.31. The summed E-state index contributed by atoms with van der Waals surface area (Å²) in [4.78, 5) is 6.56. The van der Waals surface area contributed by atoms with Gasteiger partial charge in [-0.05, 0) is 19.4 Å². The van der Waals surface area contributed by atoms with Gasteiger partial charge in [0.15, 0.2) is 0 Å². The van der Waals surface area contributed by atoms with Crippen molar-refractivity contribution in [2.45, 2.75) is 33.4 Å². The molecule has 0 aliphatic heterocycles. The summed E-state index contributed by atoms with van der Waals surface area (Å²) in [5, 5.41) is 8.84. The van der Waals surface area contributed by atoms with Gasteiger partial charge in [-0.15, -0.1) is 5.10 Å². The third kappa shape index (κ3) is 2.23. The van der Waals surface area contributed by atoms with Gasteiger partial charge >= 0.3 is 0 Å². The van der Waals surface area contributed by atoms with E-state index in [1.807, 2.05) is 34.4 Å². The molecule has 18 heavy (non-hydrogen) atoms. The lowest BCUT2D eigenvalue weighted by Crippen LogP contribution is -2.15. The summed E-state index contributed by atoms with van der Waals surface area (Å²) < 4.78 is 3.85. The predicted molar refractivity (Wildman–Crippen MR) is 71.5 cm³/mol. The van der Waals surface area contributed by atoms with Gasteiger partial charge in [0.2, 0.25) is 11.8 Å². The SMILES string of the molecule is CCCn1nccc1-c1nc(N(C)C)n(CC)n1. The van der Waals surface area contributed by atoms with Crippen molar-refractivity contribution >= 4 is 5.95 Å². The standard InChI is InChI=1S/C12H20N6/c1-5-9-18-10(7-8-13-18)11-14-12(16(3)4)17(6-2)15-11/h7-8H,5-6,9H2,1-4H3. The summed E-state index contributed by atoms with van der Waals surface area (Å²) in [6.45, 7) is 5.90. The molecule has 0 bridgehead atoms. The van der Waals surface area contributed by atoms with Gasteiger partial charge < -0.3 is 4.90 Å². The van der Waals surface area contributed by atoms with Crippen LogP contribution in [-0.4, -0.2) is 38.6 Å². The first-order valence-corrected chi connectivity index (χ1v) is 6.31.